The zero-order valence-corrected chi connectivity index (χ0v) is 17.0. The van der Waals surface area contributed by atoms with Crippen molar-refractivity contribution in [3.63, 3.8) is 0 Å². The zero-order valence-electron chi connectivity index (χ0n) is 16.2. The average molecular weight is 405 g/mol. The van der Waals surface area contributed by atoms with Crippen molar-refractivity contribution in [2.75, 3.05) is 18.9 Å². The fourth-order valence-electron chi connectivity index (χ4n) is 2.89. The van der Waals surface area contributed by atoms with Crippen LogP contribution in [0, 0.1) is 30.9 Å². The van der Waals surface area contributed by atoms with Crippen molar-refractivity contribution in [3.8, 4) is 0 Å². The number of likely N-dealkylation sites (N-methyl/N-ethyl adjacent to an activating group) is 1. The summed E-state index contributed by atoms with van der Waals surface area (Å²) in [6, 6.07) is 9.17. The van der Waals surface area contributed by atoms with Crippen molar-refractivity contribution in [1.82, 2.24) is 4.31 Å². The lowest BCUT2D eigenvalue weighted by atomic mass is 10.1. The first-order valence-electron chi connectivity index (χ1n) is 8.54. The van der Waals surface area contributed by atoms with E-state index in [-0.39, 0.29) is 18.0 Å². The van der Waals surface area contributed by atoms with Gasteiger partial charge in [-0.15, -0.1) is 0 Å². The predicted octanol–water partition coefficient (Wildman–Crippen LogP) is 2.92. The lowest BCUT2D eigenvalue weighted by Gasteiger charge is -2.18. The second kappa shape index (κ2) is 8.49. The van der Waals surface area contributed by atoms with Crippen LogP contribution in [0.2, 0.25) is 0 Å². The minimum atomic E-state index is -3.76. The van der Waals surface area contributed by atoms with Gasteiger partial charge >= 0.3 is 0 Å². The molecule has 0 heterocycles. The van der Waals surface area contributed by atoms with Gasteiger partial charge < -0.3 is 5.32 Å². The van der Waals surface area contributed by atoms with Crippen LogP contribution in [-0.4, -0.2) is 37.1 Å². The van der Waals surface area contributed by atoms with Crippen LogP contribution in [0.5, 0.6) is 0 Å². The van der Waals surface area contributed by atoms with Crippen LogP contribution in [0.15, 0.2) is 36.4 Å². The summed E-state index contributed by atoms with van der Waals surface area (Å²) in [5, 5.41) is 13.5. The highest BCUT2D eigenvalue weighted by molar-refractivity contribution is 7.88. The number of benzene rings is 2. The first kappa shape index (κ1) is 21.5. The molecule has 9 heteroatoms. The van der Waals surface area contributed by atoms with E-state index in [9.17, 15) is 23.3 Å². The Kier molecular flexibility index (Phi) is 6.52. The maximum absolute atomic E-state index is 12.5. The van der Waals surface area contributed by atoms with E-state index in [1.54, 1.807) is 0 Å². The third kappa shape index (κ3) is 5.37. The molecule has 1 N–H and O–H groups in total. The SMILES string of the molecule is Cc1cc(C)c(NC(=O)CN(C)S(=O)(=O)Cc2ccc([N+](=O)[O-])cc2)c(C)c1. The third-order valence-electron chi connectivity index (χ3n) is 4.28. The molecule has 0 saturated carbocycles. The Labute approximate surface area is 164 Å². The van der Waals surface area contributed by atoms with Gasteiger partial charge in [-0.25, -0.2) is 8.42 Å². The van der Waals surface area contributed by atoms with Gasteiger partial charge in [-0.3, -0.25) is 14.9 Å². The summed E-state index contributed by atoms with van der Waals surface area (Å²) >= 11 is 0. The number of carbonyl (C=O) groups excluding carboxylic acids is 1. The van der Waals surface area contributed by atoms with Gasteiger partial charge in [0.15, 0.2) is 0 Å². The molecule has 0 bridgehead atoms. The molecule has 28 heavy (non-hydrogen) atoms. The normalized spacial score (nSPS) is 11.5. The number of nitrogens with zero attached hydrogens (tertiary/aromatic N) is 2. The van der Waals surface area contributed by atoms with Crippen molar-refractivity contribution in [2.24, 2.45) is 0 Å². The minimum Gasteiger partial charge on any atom is -0.324 e. The Morgan fingerprint density at radius 1 is 1.11 bits per heavy atom. The number of non-ortho nitro benzene ring substituents is 1. The fourth-order valence-corrected chi connectivity index (χ4v) is 4.04. The second-order valence-corrected chi connectivity index (χ2v) is 8.83. The number of hydrogen-bond donors (Lipinski definition) is 1. The molecule has 0 aliphatic rings. The van der Waals surface area contributed by atoms with E-state index in [1.165, 1.54) is 31.3 Å². The molecule has 0 aliphatic heterocycles. The monoisotopic (exact) mass is 405 g/mol. The van der Waals surface area contributed by atoms with E-state index in [4.69, 9.17) is 0 Å². The van der Waals surface area contributed by atoms with Crippen molar-refractivity contribution in [2.45, 2.75) is 26.5 Å². The van der Waals surface area contributed by atoms with E-state index in [2.05, 4.69) is 5.32 Å². The molecule has 0 unspecified atom stereocenters. The molecule has 0 atom stereocenters. The van der Waals surface area contributed by atoms with E-state index in [1.807, 2.05) is 32.9 Å². The predicted molar refractivity (Wildman–Crippen MR) is 108 cm³/mol. The fraction of sp³-hybridized carbons (Fsp3) is 0.316. The zero-order chi connectivity index (χ0) is 21.1. The molecule has 0 aliphatic carbocycles. The molecule has 0 aromatic heterocycles. The number of nitro groups is 1. The third-order valence-corrected chi connectivity index (χ3v) is 6.06. The Balaban J connectivity index is 2.05. The topological polar surface area (TPSA) is 110 Å². The number of nitro benzene ring substituents is 1. The van der Waals surface area contributed by atoms with Crippen molar-refractivity contribution in [1.29, 1.82) is 0 Å². The van der Waals surface area contributed by atoms with Crippen LogP contribution >= 0.6 is 0 Å². The number of carbonyl (C=O) groups is 1. The number of hydrogen-bond acceptors (Lipinski definition) is 5. The largest absolute Gasteiger partial charge is 0.324 e. The molecule has 150 valence electrons. The molecule has 0 fully saturated rings. The number of sulfonamides is 1. The van der Waals surface area contributed by atoms with Gasteiger partial charge in [0.05, 0.1) is 17.2 Å². The summed E-state index contributed by atoms with van der Waals surface area (Å²) in [7, 11) is -2.43. The maximum Gasteiger partial charge on any atom is 0.269 e. The van der Waals surface area contributed by atoms with Gasteiger partial charge in [-0.2, -0.15) is 4.31 Å². The number of aryl methyl sites for hydroxylation is 3. The van der Waals surface area contributed by atoms with Gasteiger partial charge in [0.25, 0.3) is 5.69 Å². The van der Waals surface area contributed by atoms with Gasteiger partial charge in [-0.1, -0.05) is 29.8 Å². The molecule has 2 rings (SSSR count). The first-order valence-corrected chi connectivity index (χ1v) is 10.2. The summed E-state index contributed by atoms with van der Waals surface area (Å²) < 4.78 is 26.0. The van der Waals surface area contributed by atoms with Gasteiger partial charge in [0.2, 0.25) is 15.9 Å². The van der Waals surface area contributed by atoms with Crippen molar-refractivity contribution < 1.29 is 18.1 Å². The van der Waals surface area contributed by atoms with Crippen molar-refractivity contribution >= 4 is 27.3 Å². The van der Waals surface area contributed by atoms with Gasteiger partial charge in [0.1, 0.15) is 0 Å². The Morgan fingerprint density at radius 3 is 2.14 bits per heavy atom. The van der Waals surface area contributed by atoms with Crippen LogP contribution in [0.1, 0.15) is 22.3 Å². The second-order valence-electron chi connectivity index (χ2n) is 6.76. The van der Waals surface area contributed by atoms with Gasteiger partial charge in [-0.05, 0) is 37.5 Å². The lowest BCUT2D eigenvalue weighted by molar-refractivity contribution is -0.384. The molecule has 8 nitrogen and oxygen atoms in total. The van der Waals surface area contributed by atoms with Crippen LogP contribution < -0.4 is 5.32 Å². The number of anilines is 1. The quantitative estimate of drug-likeness (QED) is 0.563. The number of amides is 1. The Hall–Kier alpha value is -2.78. The molecule has 1 amide bonds. The van der Waals surface area contributed by atoms with Crippen molar-refractivity contribution in [3.05, 3.63) is 68.8 Å². The van der Waals surface area contributed by atoms with Crippen LogP contribution in [-0.2, 0) is 20.6 Å². The van der Waals surface area contributed by atoms with Crippen LogP contribution in [0.25, 0.3) is 0 Å². The van der Waals surface area contributed by atoms with Crippen LogP contribution in [0.3, 0.4) is 0 Å². The summed E-state index contributed by atoms with van der Waals surface area (Å²) in [5.74, 6) is -0.790. The number of rotatable bonds is 7. The smallest absolute Gasteiger partial charge is 0.269 e. The Bertz CT molecular complexity index is 978. The highest BCUT2D eigenvalue weighted by Crippen LogP contribution is 2.22. The molecular weight excluding hydrogens is 382 g/mol. The number of nitrogens with one attached hydrogen (secondary N) is 1. The van der Waals surface area contributed by atoms with E-state index in [0.29, 0.717) is 11.3 Å². The molecule has 0 saturated heterocycles. The molecule has 0 radical (unpaired) electrons. The summed E-state index contributed by atoms with van der Waals surface area (Å²) in [6.07, 6.45) is 0. The van der Waals surface area contributed by atoms with E-state index < -0.39 is 20.9 Å². The summed E-state index contributed by atoms with van der Waals surface area (Å²) in [5.41, 5.74) is 3.86. The molecule has 2 aromatic rings. The molecule has 0 spiro atoms. The van der Waals surface area contributed by atoms with E-state index >= 15 is 0 Å². The minimum absolute atomic E-state index is 0.113. The highest BCUT2D eigenvalue weighted by atomic mass is 32.2. The maximum atomic E-state index is 12.5. The lowest BCUT2D eigenvalue weighted by Crippen LogP contribution is -2.35. The average Bonchev–Trinajstić information content (AvgIpc) is 2.58. The summed E-state index contributed by atoms with van der Waals surface area (Å²) in [4.78, 5) is 22.5. The standard InChI is InChI=1S/C19H23N3O5S/c1-13-9-14(2)19(15(3)10-13)20-18(23)11-21(4)28(26,27)12-16-5-7-17(8-6-16)22(24)25/h5-10H,11-12H2,1-4H3,(H,20,23). The first-order chi connectivity index (χ1) is 13.0. The highest BCUT2D eigenvalue weighted by Gasteiger charge is 2.22. The molecular formula is C19H23N3O5S. The molecule has 2 aromatic carbocycles. The summed E-state index contributed by atoms with van der Waals surface area (Å²) in [6.45, 7) is 5.39. The van der Waals surface area contributed by atoms with Gasteiger partial charge in [0, 0.05) is 24.9 Å². The Morgan fingerprint density at radius 2 is 1.64 bits per heavy atom. The van der Waals surface area contributed by atoms with E-state index in [0.717, 1.165) is 21.0 Å². The van der Waals surface area contributed by atoms with Crippen LogP contribution in [0.4, 0.5) is 11.4 Å².